The Kier molecular flexibility index (Phi) is 5.36. The van der Waals surface area contributed by atoms with Crippen molar-refractivity contribution in [3.8, 4) is 0 Å². The van der Waals surface area contributed by atoms with Crippen molar-refractivity contribution < 1.29 is 22.8 Å². The van der Waals surface area contributed by atoms with Crippen LogP contribution in [-0.2, 0) is 24.6 Å². The Morgan fingerprint density at radius 1 is 1.25 bits per heavy atom. The summed E-state index contributed by atoms with van der Waals surface area (Å²) < 4.78 is 30.4. The van der Waals surface area contributed by atoms with Gasteiger partial charge in [0.05, 0.1) is 12.7 Å². The van der Waals surface area contributed by atoms with Gasteiger partial charge in [0.25, 0.3) is 0 Å². The predicted molar refractivity (Wildman–Crippen MR) is 71.8 cm³/mol. The zero-order valence-corrected chi connectivity index (χ0v) is 12.5. The maximum atomic E-state index is 12.2. The summed E-state index contributed by atoms with van der Waals surface area (Å²) in [6.45, 7) is 2.26. The van der Waals surface area contributed by atoms with E-state index in [-0.39, 0.29) is 12.7 Å². The van der Waals surface area contributed by atoms with Crippen molar-refractivity contribution in [1.29, 1.82) is 0 Å². The lowest BCUT2D eigenvalue weighted by Gasteiger charge is -2.23. The largest absolute Gasteiger partial charge is 0.465 e. The number of carbonyl (C=O) groups excluding carboxylic acids is 1. The van der Waals surface area contributed by atoms with Gasteiger partial charge in [0, 0.05) is 6.54 Å². The molecule has 2 fully saturated rings. The Bertz CT molecular complexity index is 433. The van der Waals surface area contributed by atoms with E-state index in [0.29, 0.717) is 19.4 Å². The van der Waals surface area contributed by atoms with E-state index >= 15 is 0 Å². The van der Waals surface area contributed by atoms with Gasteiger partial charge in [0.1, 0.15) is 6.04 Å². The van der Waals surface area contributed by atoms with Gasteiger partial charge in [-0.05, 0) is 32.6 Å². The number of nitrogens with zero attached hydrogens (tertiary/aromatic N) is 1. The molecular formula is C12H22N2O5S. The van der Waals surface area contributed by atoms with Crippen molar-refractivity contribution in [1.82, 2.24) is 9.19 Å². The van der Waals surface area contributed by atoms with Crippen molar-refractivity contribution >= 4 is 16.2 Å². The normalized spacial score (nSPS) is 25.1. The zero-order valence-electron chi connectivity index (χ0n) is 11.7. The van der Waals surface area contributed by atoms with Crippen molar-refractivity contribution in [3.63, 3.8) is 0 Å². The van der Waals surface area contributed by atoms with E-state index in [1.54, 1.807) is 6.92 Å². The molecule has 0 spiro atoms. The molecule has 0 radical (unpaired) electrons. The Hall–Kier alpha value is -0.700. The Balaban J connectivity index is 1.94. The van der Waals surface area contributed by atoms with Crippen molar-refractivity contribution in [3.05, 3.63) is 0 Å². The molecule has 1 N–H and O–H groups in total. The fourth-order valence-corrected chi connectivity index (χ4v) is 3.93. The number of ether oxygens (including phenoxy) is 1. The van der Waals surface area contributed by atoms with E-state index in [1.807, 2.05) is 0 Å². The first kappa shape index (κ1) is 15.7. The first-order chi connectivity index (χ1) is 9.54. The van der Waals surface area contributed by atoms with E-state index < -0.39 is 22.2 Å². The summed E-state index contributed by atoms with van der Waals surface area (Å²) in [4.78, 5) is 19.2. The maximum absolute atomic E-state index is 12.2. The van der Waals surface area contributed by atoms with Crippen molar-refractivity contribution in [2.75, 3.05) is 13.2 Å². The summed E-state index contributed by atoms with van der Waals surface area (Å²) >= 11 is 0. The minimum Gasteiger partial charge on any atom is -0.465 e. The first-order valence-corrected chi connectivity index (χ1v) is 8.59. The van der Waals surface area contributed by atoms with Crippen LogP contribution >= 0.6 is 0 Å². The van der Waals surface area contributed by atoms with E-state index in [0.717, 1.165) is 30.0 Å². The summed E-state index contributed by atoms with van der Waals surface area (Å²) in [6.07, 6.45) is 4.92. The van der Waals surface area contributed by atoms with E-state index in [1.165, 1.54) is 0 Å². The third-order valence-corrected chi connectivity index (χ3v) is 5.05. The van der Waals surface area contributed by atoms with Crippen LogP contribution in [0.25, 0.3) is 0 Å². The molecule has 0 aromatic rings. The van der Waals surface area contributed by atoms with Gasteiger partial charge in [0.15, 0.2) is 0 Å². The SMILES string of the molecule is CCOC(=O)C1CCCN1S(=O)(=O)NOC1CCCC1. The Morgan fingerprint density at radius 2 is 1.95 bits per heavy atom. The number of hydrogen-bond acceptors (Lipinski definition) is 5. The van der Waals surface area contributed by atoms with Gasteiger partial charge in [-0.15, -0.1) is 0 Å². The number of hydrogen-bond donors (Lipinski definition) is 1. The highest BCUT2D eigenvalue weighted by atomic mass is 32.2. The lowest BCUT2D eigenvalue weighted by molar-refractivity contribution is -0.147. The molecule has 0 aromatic carbocycles. The first-order valence-electron chi connectivity index (χ1n) is 7.15. The van der Waals surface area contributed by atoms with Gasteiger partial charge in [-0.3, -0.25) is 9.63 Å². The molecule has 1 saturated heterocycles. The Labute approximate surface area is 119 Å². The molecule has 2 aliphatic rings. The van der Waals surface area contributed by atoms with Crippen LogP contribution in [-0.4, -0.2) is 44.0 Å². The molecule has 1 unspecified atom stereocenters. The van der Waals surface area contributed by atoms with Crippen LogP contribution in [0.4, 0.5) is 0 Å². The number of rotatable bonds is 6. The average Bonchev–Trinajstić information content (AvgIpc) is 3.08. The van der Waals surface area contributed by atoms with Crippen molar-refractivity contribution in [2.45, 2.75) is 57.6 Å². The Morgan fingerprint density at radius 3 is 2.60 bits per heavy atom. The standard InChI is InChI=1S/C12H22N2O5S/c1-2-18-12(15)11-8-5-9-14(11)20(16,17)13-19-10-6-3-4-7-10/h10-11,13H,2-9H2,1H3. The minimum atomic E-state index is -3.80. The summed E-state index contributed by atoms with van der Waals surface area (Å²) in [5.74, 6) is -0.490. The van der Waals surface area contributed by atoms with Crippen LogP contribution in [0.2, 0.25) is 0 Å². The second-order valence-corrected chi connectivity index (χ2v) is 6.72. The topological polar surface area (TPSA) is 84.9 Å². The van der Waals surface area contributed by atoms with Crippen LogP contribution in [0.3, 0.4) is 0 Å². The zero-order chi connectivity index (χ0) is 14.6. The highest BCUT2D eigenvalue weighted by molar-refractivity contribution is 7.87. The summed E-state index contributed by atoms with van der Waals surface area (Å²) in [5.41, 5.74) is 0. The lowest BCUT2D eigenvalue weighted by atomic mass is 10.2. The monoisotopic (exact) mass is 306 g/mol. The summed E-state index contributed by atoms with van der Waals surface area (Å²) in [5, 5.41) is 0. The average molecular weight is 306 g/mol. The van der Waals surface area contributed by atoms with Crippen LogP contribution in [0.5, 0.6) is 0 Å². The van der Waals surface area contributed by atoms with E-state index in [2.05, 4.69) is 4.89 Å². The van der Waals surface area contributed by atoms with Crippen LogP contribution in [0.15, 0.2) is 0 Å². The molecule has 1 heterocycles. The number of esters is 1. The highest BCUT2D eigenvalue weighted by Crippen LogP contribution is 2.23. The molecule has 0 bridgehead atoms. The second kappa shape index (κ2) is 6.84. The van der Waals surface area contributed by atoms with Crippen molar-refractivity contribution in [2.24, 2.45) is 0 Å². The van der Waals surface area contributed by atoms with Gasteiger partial charge < -0.3 is 4.74 Å². The molecule has 20 heavy (non-hydrogen) atoms. The molecule has 116 valence electrons. The number of carbonyl (C=O) groups is 1. The quantitative estimate of drug-likeness (QED) is 0.577. The summed E-state index contributed by atoms with van der Waals surface area (Å²) in [7, 11) is -3.80. The molecule has 0 amide bonds. The van der Waals surface area contributed by atoms with Gasteiger partial charge in [-0.2, -0.15) is 12.7 Å². The second-order valence-electron chi connectivity index (χ2n) is 5.13. The molecule has 1 atom stereocenters. The minimum absolute atomic E-state index is 0.0616. The third kappa shape index (κ3) is 3.69. The maximum Gasteiger partial charge on any atom is 0.324 e. The van der Waals surface area contributed by atoms with Gasteiger partial charge >= 0.3 is 16.2 Å². The van der Waals surface area contributed by atoms with Gasteiger partial charge in [-0.1, -0.05) is 17.7 Å². The predicted octanol–water partition coefficient (Wildman–Crippen LogP) is 0.722. The molecule has 1 aliphatic carbocycles. The molecular weight excluding hydrogens is 284 g/mol. The molecule has 2 rings (SSSR count). The van der Waals surface area contributed by atoms with Gasteiger partial charge in [0.2, 0.25) is 0 Å². The number of nitrogens with one attached hydrogen (secondary N) is 1. The van der Waals surface area contributed by atoms with Crippen LogP contribution in [0.1, 0.15) is 45.4 Å². The summed E-state index contributed by atoms with van der Waals surface area (Å²) in [6, 6.07) is -0.736. The van der Waals surface area contributed by atoms with E-state index in [4.69, 9.17) is 9.57 Å². The molecule has 8 heteroatoms. The van der Waals surface area contributed by atoms with Gasteiger partial charge in [-0.25, -0.2) is 0 Å². The molecule has 0 aromatic heterocycles. The smallest absolute Gasteiger partial charge is 0.324 e. The fraction of sp³-hybridized carbons (Fsp3) is 0.917. The fourth-order valence-electron chi connectivity index (χ4n) is 2.68. The van der Waals surface area contributed by atoms with Crippen LogP contribution < -0.4 is 4.89 Å². The lowest BCUT2D eigenvalue weighted by Crippen LogP contribution is -2.47. The highest BCUT2D eigenvalue weighted by Gasteiger charge is 2.40. The third-order valence-electron chi connectivity index (χ3n) is 3.69. The van der Waals surface area contributed by atoms with E-state index in [9.17, 15) is 13.2 Å². The molecule has 1 saturated carbocycles. The molecule has 7 nitrogen and oxygen atoms in total. The van der Waals surface area contributed by atoms with Crippen LogP contribution in [0, 0.1) is 0 Å². The molecule has 1 aliphatic heterocycles.